The first-order valence-corrected chi connectivity index (χ1v) is 7.75. The molecule has 1 saturated heterocycles. The smallest absolute Gasteiger partial charge is 0.0897 e. The second-order valence-electron chi connectivity index (χ2n) is 4.83. The molecule has 1 fully saturated rings. The maximum atomic E-state index is 5.99. The van der Waals surface area contributed by atoms with Crippen molar-refractivity contribution in [1.82, 2.24) is 10.2 Å². The van der Waals surface area contributed by atoms with Gasteiger partial charge in [-0.25, -0.2) is 0 Å². The standard InChI is InChI=1S/C14H24N2OS/c1-4-15-14(12-8-11(3)18-10-12)13-9-16(5-2)6-7-17-13/h8,10,13-15H,4-7,9H2,1-3H3. The molecule has 0 aromatic carbocycles. The third-order valence-electron chi connectivity index (χ3n) is 3.53. The van der Waals surface area contributed by atoms with Crippen LogP contribution in [0.5, 0.6) is 0 Å². The molecule has 0 radical (unpaired) electrons. The van der Waals surface area contributed by atoms with Gasteiger partial charge in [0.25, 0.3) is 0 Å². The van der Waals surface area contributed by atoms with E-state index in [9.17, 15) is 0 Å². The van der Waals surface area contributed by atoms with Crippen LogP contribution >= 0.6 is 11.3 Å². The summed E-state index contributed by atoms with van der Waals surface area (Å²) in [5.74, 6) is 0. The first kappa shape index (κ1) is 14.0. The average Bonchev–Trinajstić information content (AvgIpc) is 2.82. The summed E-state index contributed by atoms with van der Waals surface area (Å²) in [6.07, 6.45) is 0.271. The van der Waals surface area contributed by atoms with E-state index in [-0.39, 0.29) is 6.10 Å². The summed E-state index contributed by atoms with van der Waals surface area (Å²) < 4.78 is 5.99. The Kier molecular flexibility index (Phi) is 5.18. The molecule has 2 rings (SSSR count). The van der Waals surface area contributed by atoms with Crippen LogP contribution in [0, 0.1) is 6.92 Å². The summed E-state index contributed by atoms with van der Waals surface area (Å²) in [6.45, 7) is 11.6. The van der Waals surface area contributed by atoms with Gasteiger partial charge in [-0.3, -0.25) is 4.90 Å². The monoisotopic (exact) mass is 268 g/mol. The fourth-order valence-electron chi connectivity index (χ4n) is 2.53. The molecule has 2 unspecified atom stereocenters. The molecule has 0 bridgehead atoms. The maximum Gasteiger partial charge on any atom is 0.0897 e. The highest BCUT2D eigenvalue weighted by Crippen LogP contribution is 2.26. The van der Waals surface area contributed by atoms with E-state index in [0.29, 0.717) is 6.04 Å². The highest BCUT2D eigenvalue weighted by atomic mass is 32.1. The Hall–Kier alpha value is -0.420. The van der Waals surface area contributed by atoms with Crippen LogP contribution in [0.4, 0.5) is 0 Å². The number of thiophene rings is 1. The van der Waals surface area contributed by atoms with Crippen molar-refractivity contribution in [2.24, 2.45) is 0 Å². The molecule has 1 N–H and O–H groups in total. The molecule has 2 heterocycles. The molecule has 102 valence electrons. The van der Waals surface area contributed by atoms with Crippen LogP contribution in [-0.2, 0) is 4.74 Å². The molecule has 0 spiro atoms. The lowest BCUT2D eigenvalue weighted by molar-refractivity contribution is -0.0453. The second kappa shape index (κ2) is 6.66. The van der Waals surface area contributed by atoms with Crippen molar-refractivity contribution in [2.75, 3.05) is 32.8 Å². The fourth-order valence-corrected chi connectivity index (χ4v) is 3.27. The van der Waals surface area contributed by atoms with Gasteiger partial charge in [-0.15, -0.1) is 11.3 Å². The number of rotatable bonds is 5. The lowest BCUT2D eigenvalue weighted by Crippen LogP contribution is -2.48. The van der Waals surface area contributed by atoms with Gasteiger partial charge in [0, 0.05) is 18.0 Å². The van der Waals surface area contributed by atoms with Crippen molar-refractivity contribution in [3.05, 3.63) is 21.9 Å². The predicted molar refractivity (Wildman–Crippen MR) is 77.3 cm³/mol. The lowest BCUT2D eigenvalue weighted by Gasteiger charge is -2.36. The first-order valence-electron chi connectivity index (χ1n) is 6.87. The number of hydrogen-bond donors (Lipinski definition) is 1. The molecule has 0 amide bonds. The minimum atomic E-state index is 0.271. The summed E-state index contributed by atoms with van der Waals surface area (Å²) in [5.41, 5.74) is 1.38. The zero-order valence-corrected chi connectivity index (χ0v) is 12.4. The van der Waals surface area contributed by atoms with E-state index in [1.165, 1.54) is 10.4 Å². The first-order chi connectivity index (χ1) is 8.74. The largest absolute Gasteiger partial charge is 0.374 e. The summed E-state index contributed by atoms with van der Waals surface area (Å²) >= 11 is 1.82. The Morgan fingerprint density at radius 1 is 1.56 bits per heavy atom. The maximum absolute atomic E-state index is 5.99. The van der Waals surface area contributed by atoms with Gasteiger partial charge in [-0.05, 0) is 37.0 Å². The topological polar surface area (TPSA) is 24.5 Å². The second-order valence-corrected chi connectivity index (χ2v) is 5.94. The quantitative estimate of drug-likeness (QED) is 0.887. The van der Waals surface area contributed by atoms with Crippen molar-refractivity contribution < 1.29 is 4.74 Å². The van der Waals surface area contributed by atoms with Gasteiger partial charge in [0.2, 0.25) is 0 Å². The van der Waals surface area contributed by atoms with Gasteiger partial charge >= 0.3 is 0 Å². The summed E-state index contributed by atoms with van der Waals surface area (Å²) in [7, 11) is 0. The summed E-state index contributed by atoms with van der Waals surface area (Å²) in [6, 6.07) is 2.61. The summed E-state index contributed by atoms with van der Waals surface area (Å²) in [4.78, 5) is 3.84. The predicted octanol–water partition coefficient (Wildman–Crippen LogP) is 2.43. The van der Waals surface area contributed by atoms with Gasteiger partial charge < -0.3 is 10.1 Å². The minimum absolute atomic E-state index is 0.271. The molecular formula is C14H24N2OS. The Bertz CT molecular complexity index is 366. The van der Waals surface area contributed by atoms with Crippen molar-refractivity contribution in [2.45, 2.75) is 32.9 Å². The molecule has 1 aromatic heterocycles. The number of likely N-dealkylation sites (N-methyl/N-ethyl adjacent to an activating group) is 2. The third kappa shape index (κ3) is 3.32. The molecule has 4 heteroatoms. The summed E-state index contributed by atoms with van der Waals surface area (Å²) in [5, 5.41) is 5.84. The number of nitrogens with one attached hydrogen (secondary N) is 1. The SMILES string of the molecule is CCNC(c1csc(C)c1)C1CN(CC)CCO1. The normalized spacial score (nSPS) is 23.2. The van der Waals surface area contributed by atoms with Crippen molar-refractivity contribution in [3.63, 3.8) is 0 Å². The van der Waals surface area contributed by atoms with Crippen LogP contribution in [0.25, 0.3) is 0 Å². The van der Waals surface area contributed by atoms with Gasteiger partial charge in [-0.1, -0.05) is 13.8 Å². The zero-order valence-electron chi connectivity index (χ0n) is 11.6. The lowest BCUT2D eigenvalue weighted by atomic mass is 10.0. The van der Waals surface area contributed by atoms with Crippen LogP contribution in [0.15, 0.2) is 11.4 Å². The Balaban J connectivity index is 2.09. The molecule has 3 nitrogen and oxygen atoms in total. The van der Waals surface area contributed by atoms with Crippen LogP contribution in [0.2, 0.25) is 0 Å². The Morgan fingerprint density at radius 2 is 2.39 bits per heavy atom. The molecule has 0 saturated carbocycles. The van der Waals surface area contributed by atoms with E-state index < -0.39 is 0 Å². The van der Waals surface area contributed by atoms with Crippen LogP contribution in [0.3, 0.4) is 0 Å². The number of hydrogen-bond acceptors (Lipinski definition) is 4. The molecule has 1 aliphatic rings. The van der Waals surface area contributed by atoms with Crippen molar-refractivity contribution >= 4 is 11.3 Å². The van der Waals surface area contributed by atoms with Crippen molar-refractivity contribution in [3.8, 4) is 0 Å². The van der Waals surface area contributed by atoms with E-state index >= 15 is 0 Å². The van der Waals surface area contributed by atoms with E-state index in [1.807, 2.05) is 11.3 Å². The Morgan fingerprint density at radius 3 is 3.00 bits per heavy atom. The van der Waals surface area contributed by atoms with E-state index in [4.69, 9.17) is 4.74 Å². The van der Waals surface area contributed by atoms with Crippen LogP contribution in [0.1, 0.15) is 30.3 Å². The van der Waals surface area contributed by atoms with Gasteiger partial charge in [0.15, 0.2) is 0 Å². The number of ether oxygens (including phenoxy) is 1. The number of aryl methyl sites for hydroxylation is 1. The van der Waals surface area contributed by atoms with Gasteiger partial charge in [-0.2, -0.15) is 0 Å². The third-order valence-corrected chi connectivity index (χ3v) is 4.41. The van der Waals surface area contributed by atoms with E-state index in [2.05, 4.69) is 42.4 Å². The van der Waals surface area contributed by atoms with E-state index in [1.54, 1.807) is 0 Å². The van der Waals surface area contributed by atoms with Gasteiger partial charge in [0.05, 0.1) is 18.8 Å². The van der Waals surface area contributed by atoms with E-state index in [0.717, 1.165) is 32.8 Å². The molecule has 1 aromatic rings. The molecule has 2 atom stereocenters. The highest BCUT2D eigenvalue weighted by Gasteiger charge is 2.28. The van der Waals surface area contributed by atoms with Crippen LogP contribution < -0.4 is 5.32 Å². The molecule has 1 aliphatic heterocycles. The molecule has 18 heavy (non-hydrogen) atoms. The highest BCUT2D eigenvalue weighted by molar-refractivity contribution is 7.10. The minimum Gasteiger partial charge on any atom is -0.374 e. The van der Waals surface area contributed by atoms with Crippen molar-refractivity contribution in [1.29, 1.82) is 0 Å². The fraction of sp³-hybridized carbons (Fsp3) is 0.714. The van der Waals surface area contributed by atoms with Crippen LogP contribution in [-0.4, -0.2) is 43.8 Å². The van der Waals surface area contributed by atoms with Gasteiger partial charge in [0.1, 0.15) is 0 Å². The number of morpholine rings is 1. The average molecular weight is 268 g/mol. The Labute approximate surface area is 114 Å². The number of nitrogens with zero attached hydrogens (tertiary/aromatic N) is 1. The molecular weight excluding hydrogens is 244 g/mol. The molecule has 0 aliphatic carbocycles. The zero-order chi connectivity index (χ0) is 13.0.